The fourth-order valence-electron chi connectivity index (χ4n) is 5.84. The zero-order valence-electron chi connectivity index (χ0n) is 13.0. The molecule has 2 aromatic rings. The first-order valence-corrected chi connectivity index (χ1v) is 9.09. The minimum absolute atomic E-state index is 0. The molecule has 0 unspecified atom stereocenters. The van der Waals surface area contributed by atoms with Gasteiger partial charge in [0, 0.05) is 17.2 Å². The number of hydrogen-bond acceptors (Lipinski definition) is 2. The van der Waals surface area contributed by atoms with Crippen LogP contribution in [0.1, 0.15) is 54.6 Å². The average molecular weight is 377 g/mol. The molecule has 4 fully saturated rings. The molecule has 0 aliphatic heterocycles. The van der Waals surface area contributed by atoms with Gasteiger partial charge in [-0.3, -0.25) is 9.20 Å². The molecule has 0 radical (unpaired) electrons. The van der Waals surface area contributed by atoms with Crippen LogP contribution < -0.4 is 0 Å². The zero-order chi connectivity index (χ0) is 14.9. The number of carbonyl (C=O) groups excluding carboxylic acids is 1. The lowest BCUT2D eigenvalue weighted by atomic mass is 9.49. The highest BCUT2D eigenvalue weighted by Crippen LogP contribution is 2.61. The third kappa shape index (κ3) is 2.13. The largest absolute Gasteiger partial charge is 0.412 e. The van der Waals surface area contributed by atoms with Gasteiger partial charge in [-0.15, -0.1) is 0 Å². The highest BCUT2D eigenvalue weighted by Gasteiger charge is 2.53. The number of fused-ring (bicyclic) bond motifs is 1. The Hall–Kier alpha value is -1.20. The van der Waals surface area contributed by atoms with Crippen molar-refractivity contribution in [2.24, 2.45) is 17.8 Å². The van der Waals surface area contributed by atoms with Crippen LogP contribution in [0.5, 0.6) is 0 Å². The molecule has 122 valence electrons. The Balaban J connectivity index is 0.00000135. The van der Waals surface area contributed by atoms with E-state index in [1.807, 2.05) is 18.3 Å². The Kier molecular flexibility index (Phi) is 3.43. The molecule has 4 nitrogen and oxygen atoms in total. The van der Waals surface area contributed by atoms with Crippen LogP contribution in [0.4, 0.5) is 0 Å². The van der Waals surface area contributed by atoms with E-state index in [2.05, 4.69) is 20.3 Å². The quantitative estimate of drug-likeness (QED) is 0.752. The lowest BCUT2D eigenvalue weighted by molar-refractivity contribution is -0.00733. The van der Waals surface area contributed by atoms with Crippen LogP contribution in [0, 0.1) is 17.8 Å². The van der Waals surface area contributed by atoms with E-state index < -0.39 is 0 Å². The van der Waals surface area contributed by atoms with Gasteiger partial charge in [-0.05, 0) is 84.3 Å². The van der Waals surface area contributed by atoms with E-state index in [0.29, 0.717) is 5.56 Å². The Morgan fingerprint density at radius 2 is 1.78 bits per heavy atom. The van der Waals surface area contributed by atoms with Crippen molar-refractivity contribution in [3.8, 4) is 0 Å². The van der Waals surface area contributed by atoms with Crippen molar-refractivity contribution >= 4 is 27.9 Å². The molecule has 4 saturated carbocycles. The maximum atomic E-state index is 11.0. The Morgan fingerprint density at radius 1 is 1.17 bits per heavy atom. The number of halogens is 1. The summed E-state index contributed by atoms with van der Waals surface area (Å²) in [5.41, 5.74) is 3.11. The first-order chi connectivity index (χ1) is 10.7. The van der Waals surface area contributed by atoms with Crippen molar-refractivity contribution in [1.82, 2.24) is 9.38 Å². The van der Waals surface area contributed by atoms with Crippen molar-refractivity contribution in [2.45, 2.75) is 43.9 Å². The molecule has 0 saturated heterocycles. The normalized spacial score (nSPS) is 34.6. The molecule has 4 aliphatic carbocycles. The fraction of sp³-hybridized carbons (Fsp3) is 0.556. The Morgan fingerprint density at radius 3 is 2.35 bits per heavy atom. The van der Waals surface area contributed by atoms with Crippen molar-refractivity contribution in [1.29, 1.82) is 0 Å². The van der Waals surface area contributed by atoms with E-state index >= 15 is 0 Å². The second kappa shape index (κ2) is 5.15. The number of nitrogens with zero attached hydrogens (tertiary/aromatic N) is 2. The van der Waals surface area contributed by atoms with Gasteiger partial charge in [-0.25, -0.2) is 4.98 Å². The number of aldehydes is 1. The second-order valence-electron chi connectivity index (χ2n) is 7.76. The van der Waals surface area contributed by atoms with Crippen molar-refractivity contribution in [3.05, 3.63) is 34.2 Å². The number of imidazole rings is 1. The van der Waals surface area contributed by atoms with E-state index in [0.717, 1.165) is 34.3 Å². The summed E-state index contributed by atoms with van der Waals surface area (Å²) in [6, 6.07) is 3.75. The number of pyridine rings is 1. The van der Waals surface area contributed by atoms with Gasteiger partial charge in [0.25, 0.3) is 0 Å². The van der Waals surface area contributed by atoms with Gasteiger partial charge >= 0.3 is 0 Å². The number of carbonyl (C=O) groups is 1. The number of aromatic nitrogens is 2. The van der Waals surface area contributed by atoms with Gasteiger partial charge in [0.1, 0.15) is 16.5 Å². The minimum atomic E-state index is 0. The van der Waals surface area contributed by atoms with E-state index in [1.165, 1.54) is 44.2 Å². The van der Waals surface area contributed by atoms with Gasteiger partial charge in [0.15, 0.2) is 0 Å². The monoisotopic (exact) mass is 376 g/mol. The SMILES string of the molecule is O.O=Cc1ccn2c(Br)c(C34CC5CC(CC(C5)C3)C4)nc2c1. The van der Waals surface area contributed by atoms with Crippen LogP contribution in [-0.4, -0.2) is 21.1 Å². The Bertz CT molecular complexity index is 747. The highest BCUT2D eigenvalue weighted by atomic mass is 79.9. The zero-order valence-corrected chi connectivity index (χ0v) is 14.6. The molecule has 2 N–H and O–H groups in total. The molecule has 2 heterocycles. The summed E-state index contributed by atoms with van der Waals surface area (Å²) in [5.74, 6) is 2.73. The van der Waals surface area contributed by atoms with E-state index in [-0.39, 0.29) is 10.9 Å². The summed E-state index contributed by atoms with van der Waals surface area (Å²) >= 11 is 3.80. The van der Waals surface area contributed by atoms with Crippen molar-refractivity contribution in [3.63, 3.8) is 0 Å². The van der Waals surface area contributed by atoms with Crippen molar-refractivity contribution < 1.29 is 10.3 Å². The predicted molar refractivity (Wildman–Crippen MR) is 91.7 cm³/mol. The molecule has 0 atom stereocenters. The smallest absolute Gasteiger partial charge is 0.150 e. The van der Waals surface area contributed by atoms with E-state index in [4.69, 9.17) is 4.98 Å². The molecule has 4 aliphatic rings. The highest BCUT2D eigenvalue weighted by molar-refractivity contribution is 9.10. The summed E-state index contributed by atoms with van der Waals surface area (Å²) in [7, 11) is 0. The fourth-order valence-corrected chi connectivity index (χ4v) is 6.65. The predicted octanol–water partition coefficient (Wildman–Crippen LogP) is 3.55. The number of rotatable bonds is 2. The molecule has 23 heavy (non-hydrogen) atoms. The minimum Gasteiger partial charge on any atom is -0.412 e. The van der Waals surface area contributed by atoms with Gasteiger partial charge < -0.3 is 5.48 Å². The van der Waals surface area contributed by atoms with Gasteiger partial charge in [0.2, 0.25) is 0 Å². The Labute approximate surface area is 143 Å². The van der Waals surface area contributed by atoms with E-state index in [1.54, 1.807) is 0 Å². The van der Waals surface area contributed by atoms with Gasteiger partial charge in [-0.2, -0.15) is 0 Å². The van der Waals surface area contributed by atoms with Gasteiger partial charge in [-0.1, -0.05) is 0 Å². The summed E-state index contributed by atoms with van der Waals surface area (Å²) in [5, 5.41) is 0. The summed E-state index contributed by atoms with van der Waals surface area (Å²) in [6.07, 6.45) is 11.1. The van der Waals surface area contributed by atoms with Crippen LogP contribution in [0.3, 0.4) is 0 Å². The van der Waals surface area contributed by atoms with Crippen LogP contribution in [0.25, 0.3) is 5.65 Å². The maximum absolute atomic E-state index is 11.0. The summed E-state index contributed by atoms with van der Waals surface area (Å²) < 4.78 is 3.18. The molecule has 5 heteroatoms. The first-order valence-electron chi connectivity index (χ1n) is 8.30. The molecular formula is C18H21BrN2O2. The molecule has 0 amide bonds. The lowest BCUT2D eigenvalue weighted by Gasteiger charge is -2.56. The summed E-state index contributed by atoms with van der Waals surface area (Å²) in [4.78, 5) is 16.0. The molecular weight excluding hydrogens is 356 g/mol. The second-order valence-corrected chi connectivity index (χ2v) is 8.51. The standard InChI is InChI=1S/C18H19BrN2O.H2O/c19-17-16(20-15-6-11(10-22)1-2-21(15)17)18-7-12-3-13(8-18)5-14(4-12)9-18;/h1-2,6,10,12-14H,3-5,7-9H2;1H2. The third-order valence-electron chi connectivity index (χ3n) is 6.27. The topological polar surface area (TPSA) is 65.9 Å². The third-order valence-corrected chi connectivity index (χ3v) is 7.03. The van der Waals surface area contributed by atoms with Crippen LogP contribution in [0.2, 0.25) is 0 Å². The molecule has 0 spiro atoms. The average Bonchev–Trinajstić information content (AvgIpc) is 2.83. The van der Waals surface area contributed by atoms with Crippen LogP contribution in [-0.2, 0) is 5.41 Å². The van der Waals surface area contributed by atoms with E-state index in [9.17, 15) is 4.79 Å². The lowest BCUT2D eigenvalue weighted by Crippen LogP contribution is -2.48. The molecule has 6 rings (SSSR count). The van der Waals surface area contributed by atoms with Gasteiger partial charge in [0.05, 0.1) is 5.69 Å². The maximum Gasteiger partial charge on any atom is 0.150 e. The number of hydrogen-bond donors (Lipinski definition) is 0. The molecule has 2 aromatic heterocycles. The molecule has 4 bridgehead atoms. The summed E-state index contributed by atoms with van der Waals surface area (Å²) in [6.45, 7) is 0. The van der Waals surface area contributed by atoms with Crippen LogP contribution in [0.15, 0.2) is 22.9 Å². The first kappa shape index (κ1) is 15.3. The van der Waals surface area contributed by atoms with Crippen LogP contribution >= 0.6 is 15.9 Å². The van der Waals surface area contributed by atoms with Crippen molar-refractivity contribution in [2.75, 3.05) is 0 Å². The molecule has 0 aromatic carbocycles.